The lowest BCUT2D eigenvalue weighted by molar-refractivity contribution is -0.113. The lowest BCUT2D eigenvalue weighted by atomic mass is 10.0. The Morgan fingerprint density at radius 1 is 1.28 bits per heavy atom. The van der Waals surface area contributed by atoms with E-state index in [0.717, 1.165) is 23.9 Å². The first-order chi connectivity index (χ1) is 12.1. The summed E-state index contributed by atoms with van der Waals surface area (Å²) in [6.45, 7) is 4.31. The van der Waals surface area contributed by atoms with Crippen LogP contribution < -0.4 is 5.32 Å². The van der Waals surface area contributed by atoms with Gasteiger partial charge in [-0.3, -0.25) is 9.89 Å². The number of benzene rings is 1. The van der Waals surface area contributed by atoms with Gasteiger partial charge in [0.25, 0.3) is 0 Å². The van der Waals surface area contributed by atoms with E-state index in [0.29, 0.717) is 16.8 Å². The van der Waals surface area contributed by atoms with Gasteiger partial charge in [0.1, 0.15) is 5.82 Å². The predicted molar refractivity (Wildman–Crippen MR) is 102 cm³/mol. The molecule has 6 heteroatoms. The molecular weight excluding hydrogens is 332 g/mol. The summed E-state index contributed by atoms with van der Waals surface area (Å²) in [5.74, 6) is 2.45. The Morgan fingerprint density at radius 3 is 2.68 bits per heavy atom. The number of carbonyl (C=O) groups is 1. The number of hydrogen-bond donors (Lipinski definition) is 2. The lowest BCUT2D eigenvalue weighted by Gasteiger charge is -2.08. The molecule has 1 heterocycles. The van der Waals surface area contributed by atoms with Crippen LogP contribution in [-0.2, 0) is 11.2 Å². The van der Waals surface area contributed by atoms with Crippen LogP contribution in [0.2, 0.25) is 0 Å². The smallest absolute Gasteiger partial charge is 0.234 e. The number of aromatic nitrogens is 3. The summed E-state index contributed by atoms with van der Waals surface area (Å²) in [5, 5.41) is 10.8. The van der Waals surface area contributed by atoms with E-state index in [4.69, 9.17) is 0 Å². The highest BCUT2D eigenvalue weighted by Gasteiger charge is 2.17. The van der Waals surface area contributed by atoms with Gasteiger partial charge in [-0.05, 0) is 29.5 Å². The first-order valence-corrected chi connectivity index (χ1v) is 10.0. The average Bonchev–Trinajstić information content (AvgIpc) is 3.26. The molecule has 1 aromatic carbocycles. The minimum Gasteiger partial charge on any atom is -0.325 e. The van der Waals surface area contributed by atoms with E-state index in [1.165, 1.54) is 43.0 Å². The average molecular weight is 359 g/mol. The molecule has 0 radical (unpaired) electrons. The maximum absolute atomic E-state index is 12.1. The molecule has 1 amide bonds. The summed E-state index contributed by atoms with van der Waals surface area (Å²) in [6.07, 6.45) is 6.22. The summed E-state index contributed by atoms with van der Waals surface area (Å²) < 4.78 is 0. The van der Waals surface area contributed by atoms with Crippen LogP contribution in [0.25, 0.3) is 0 Å². The molecule has 0 bridgehead atoms. The Labute approximate surface area is 153 Å². The van der Waals surface area contributed by atoms with Crippen molar-refractivity contribution in [3.05, 3.63) is 35.7 Å². The molecule has 0 aliphatic heterocycles. The molecule has 0 spiro atoms. The Hall–Kier alpha value is -1.82. The minimum atomic E-state index is -0.0376. The second-order valence-electron chi connectivity index (χ2n) is 7.03. The van der Waals surface area contributed by atoms with E-state index in [1.807, 2.05) is 12.1 Å². The molecule has 2 aromatic rings. The normalized spacial score (nSPS) is 15.0. The summed E-state index contributed by atoms with van der Waals surface area (Å²) in [7, 11) is 0. The maximum Gasteiger partial charge on any atom is 0.234 e. The Balaban J connectivity index is 1.44. The standard InChI is InChI=1S/C19H26N4OS/c1-13(2)15-7-9-16(10-8-15)20-18(24)12-25-19-21-17(22-23-19)11-14-5-3-4-6-14/h7-10,13-14H,3-6,11-12H2,1-2H3,(H,20,24)(H,21,22,23). The highest BCUT2D eigenvalue weighted by Crippen LogP contribution is 2.27. The third kappa shape index (κ3) is 5.33. The zero-order valence-electron chi connectivity index (χ0n) is 14.9. The molecule has 1 saturated carbocycles. The number of rotatable bonds is 7. The SMILES string of the molecule is CC(C)c1ccc(NC(=O)CSc2n[nH]c(CC3CCCC3)n2)cc1. The molecule has 3 rings (SSSR count). The second kappa shape index (κ2) is 8.52. The molecule has 0 unspecified atom stereocenters. The van der Waals surface area contributed by atoms with E-state index in [-0.39, 0.29) is 5.91 Å². The van der Waals surface area contributed by atoms with Gasteiger partial charge < -0.3 is 5.32 Å². The van der Waals surface area contributed by atoms with Crippen molar-refractivity contribution in [1.82, 2.24) is 15.2 Å². The van der Waals surface area contributed by atoms with Crippen LogP contribution in [0.1, 0.15) is 56.8 Å². The van der Waals surface area contributed by atoms with E-state index in [2.05, 4.69) is 46.5 Å². The first kappa shape index (κ1) is 18.0. The molecule has 134 valence electrons. The van der Waals surface area contributed by atoms with Gasteiger partial charge in [-0.1, -0.05) is 63.4 Å². The second-order valence-corrected chi connectivity index (χ2v) is 7.98. The number of aromatic amines is 1. The molecule has 1 aliphatic carbocycles. The largest absolute Gasteiger partial charge is 0.325 e. The fourth-order valence-corrected chi connectivity index (χ4v) is 3.82. The molecule has 25 heavy (non-hydrogen) atoms. The van der Waals surface area contributed by atoms with Gasteiger partial charge in [-0.15, -0.1) is 5.10 Å². The monoisotopic (exact) mass is 358 g/mol. The molecule has 1 fully saturated rings. The quantitative estimate of drug-likeness (QED) is 0.720. The van der Waals surface area contributed by atoms with Crippen molar-refractivity contribution in [2.75, 3.05) is 11.1 Å². The van der Waals surface area contributed by atoms with Crippen LogP contribution in [0, 0.1) is 5.92 Å². The summed E-state index contributed by atoms with van der Waals surface area (Å²) in [6, 6.07) is 8.00. The van der Waals surface area contributed by atoms with E-state index in [9.17, 15) is 4.79 Å². The van der Waals surface area contributed by atoms with Crippen molar-refractivity contribution in [2.24, 2.45) is 5.92 Å². The molecule has 2 N–H and O–H groups in total. The topological polar surface area (TPSA) is 70.7 Å². The van der Waals surface area contributed by atoms with Gasteiger partial charge >= 0.3 is 0 Å². The maximum atomic E-state index is 12.1. The number of nitrogens with one attached hydrogen (secondary N) is 2. The van der Waals surface area contributed by atoms with Crippen LogP contribution in [0.4, 0.5) is 5.69 Å². The van der Waals surface area contributed by atoms with Crippen molar-refractivity contribution >= 4 is 23.4 Å². The lowest BCUT2D eigenvalue weighted by Crippen LogP contribution is -2.14. The van der Waals surface area contributed by atoms with E-state index < -0.39 is 0 Å². The number of nitrogens with zero attached hydrogens (tertiary/aromatic N) is 2. The van der Waals surface area contributed by atoms with Gasteiger partial charge in [0.05, 0.1) is 5.75 Å². The molecule has 1 aromatic heterocycles. The number of thioether (sulfide) groups is 1. The van der Waals surface area contributed by atoms with Gasteiger partial charge in [0.15, 0.2) is 0 Å². The number of H-pyrrole nitrogens is 1. The highest BCUT2D eigenvalue weighted by atomic mass is 32.2. The third-order valence-electron chi connectivity index (χ3n) is 4.66. The predicted octanol–water partition coefficient (Wildman–Crippen LogP) is 4.39. The highest BCUT2D eigenvalue weighted by molar-refractivity contribution is 7.99. The Bertz CT molecular complexity index is 690. The fourth-order valence-electron chi connectivity index (χ4n) is 3.20. The number of carbonyl (C=O) groups excluding carboxylic acids is 1. The summed E-state index contributed by atoms with van der Waals surface area (Å²) >= 11 is 1.37. The van der Waals surface area contributed by atoms with Crippen LogP contribution >= 0.6 is 11.8 Å². The number of amides is 1. The van der Waals surface area contributed by atoms with Crippen LogP contribution in [-0.4, -0.2) is 26.8 Å². The fraction of sp³-hybridized carbons (Fsp3) is 0.526. The molecule has 0 saturated heterocycles. The van der Waals surface area contributed by atoms with Crippen LogP contribution in [0.15, 0.2) is 29.4 Å². The minimum absolute atomic E-state index is 0.0376. The van der Waals surface area contributed by atoms with Gasteiger partial charge in [0.2, 0.25) is 11.1 Å². The van der Waals surface area contributed by atoms with Crippen LogP contribution in [0.5, 0.6) is 0 Å². The first-order valence-electron chi connectivity index (χ1n) is 9.04. The van der Waals surface area contributed by atoms with Gasteiger partial charge in [-0.25, -0.2) is 4.98 Å². The Kier molecular flexibility index (Phi) is 6.13. The van der Waals surface area contributed by atoms with E-state index in [1.54, 1.807) is 0 Å². The molecule has 5 nitrogen and oxygen atoms in total. The van der Waals surface area contributed by atoms with Crippen molar-refractivity contribution in [3.8, 4) is 0 Å². The van der Waals surface area contributed by atoms with Gasteiger partial charge in [-0.2, -0.15) is 0 Å². The van der Waals surface area contributed by atoms with E-state index >= 15 is 0 Å². The molecule has 0 atom stereocenters. The molecular formula is C19H26N4OS. The van der Waals surface area contributed by atoms with Crippen molar-refractivity contribution < 1.29 is 4.79 Å². The number of anilines is 1. The van der Waals surface area contributed by atoms with Crippen LogP contribution in [0.3, 0.4) is 0 Å². The third-order valence-corrected chi connectivity index (χ3v) is 5.51. The molecule has 1 aliphatic rings. The van der Waals surface area contributed by atoms with Crippen molar-refractivity contribution in [3.63, 3.8) is 0 Å². The zero-order chi connectivity index (χ0) is 17.6. The summed E-state index contributed by atoms with van der Waals surface area (Å²) in [5.41, 5.74) is 2.09. The zero-order valence-corrected chi connectivity index (χ0v) is 15.7. The van der Waals surface area contributed by atoms with Gasteiger partial charge in [0, 0.05) is 12.1 Å². The number of hydrogen-bond acceptors (Lipinski definition) is 4. The van der Waals surface area contributed by atoms with Crippen molar-refractivity contribution in [1.29, 1.82) is 0 Å². The van der Waals surface area contributed by atoms with Crippen molar-refractivity contribution in [2.45, 2.75) is 57.0 Å². The Morgan fingerprint density at radius 2 is 2.00 bits per heavy atom. The summed E-state index contributed by atoms with van der Waals surface area (Å²) in [4.78, 5) is 16.6.